The highest BCUT2D eigenvalue weighted by Crippen LogP contribution is 2.19. The Bertz CT molecular complexity index is 257. The van der Waals surface area contributed by atoms with E-state index in [9.17, 15) is 9.59 Å². The second-order valence-corrected chi connectivity index (χ2v) is 3.47. The molecule has 1 unspecified atom stereocenters. The zero-order valence-electron chi connectivity index (χ0n) is 7.99. The fraction of sp³-hybridized carbons (Fsp3) is 0.600. The van der Waals surface area contributed by atoms with Crippen LogP contribution in [0.25, 0.3) is 0 Å². The van der Waals surface area contributed by atoms with Crippen molar-refractivity contribution in [1.29, 1.82) is 0 Å². The fourth-order valence-corrected chi connectivity index (χ4v) is 1.45. The van der Waals surface area contributed by atoms with E-state index in [4.69, 9.17) is 9.84 Å². The van der Waals surface area contributed by atoms with Gasteiger partial charge in [0.05, 0.1) is 0 Å². The van der Waals surface area contributed by atoms with Crippen molar-refractivity contribution in [2.45, 2.75) is 38.2 Å². The third-order valence-corrected chi connectivity index (χ3v) is 2.23. The smallest absolute Gasteiger partial charge is 0.331 e. The molecule has 1 saturated heterocycles. The maximum Gasteiger partial charge on any atom is 0.331 e. The van der Waals surface area contributed by atoms with Gasteiger partial charge in [-0.15, -0.1) is 0 Å². The Kier molecular flexibility index (Phi) is 3.68. The van der Waals surface area contributed by atoms with Gasteiger partial charge in [0.25, 0.3) is 0 Å². The van der Waals surface area contributed by atoms with E-state index in [1.165, 1.54) is 0 Å². The molecular weight excluding hydrogens is 184 g/mol. The monoisotopic (exact) mass is 198 g/mol. The first kappa shape index (κ1) is 10.8. The van der Waals surface area contributed by atoms with Gasteiger partial charge in [0, 0.05) is 18.4 Å². The number of rotatable bonds is 3. The quantitative estimate of drug-likeness (QED) is 0.551. The molecule has 1 heterocycles. The van der Waals surface area contributed by atoms with Gasteiger partial charge >= 0.3 is 11.9 Å². The lowest BCUT2D eigenvalue weighted by Crippen LogP contribution is -2.18. The molecule has 0 saturated carbocycles. The average Bonchev–Trinajstić information content (AvgIpc) is 2.29. The molecule has 4 nitrogen and oxygen atoms in total. The number of carboxylic acids is 1. The number of esters is 1. The summed E-state index contributed by atoms with van der Waals surface area (Å²) in [7, 11) is 0. The van der Waals surface area contributed by atoms with Crippen molar-refractivity contribution in [3.05, 3.63) is 12.2 Å². The topological polar surface area (TPSA) is 63.6 Å². The van der Waals surface area contributed by atoms with Crippen molar-refractivity contribution >= 4 is 11.9 Å². The molecule has 0 aromatic rings. The molecule has 1 aliphatic heterocycles. The lowest BCUT2D eigenvalue weighted by Gasteiger charge is -2.14. The van der Waals surface area contributed by atoms with E-state index in [2.05, 4.69) is 6.58 Å². The number of cyclic esters (lactones) is 1. The Morgan fingerprint density at radius 3 is 2.93 bits per heavy atom. The number of hydrogen-bond donors (Lipinski definition) is 1. The third-order valence-electron chi connectivity index (χ3n) is 2.23. The Balaban J connectivity index is 2.46. The second kappa shape index (κ2) is 4.79. The van der Waals surface area contributed by atoms with Gasteiger partial charge in [-0.25, -0.2) is 4.79 Å². The number of carbonyl (C=O) groups excluding carboxylic acids is 1. The minimum absolute atomic E-state index is 0.102. The van der Waals surface area contributed by atoms with Crippen molar-refractivity contribution in [1.82, 2.24) is 0 Å². The zero-order valence-corrected chi connectivity index (χ0v) is 7.99. The largest absolute Gasteiger partial charge is 0.478 e. The van der Waals surface area contributed by atoms with Crippen molar-refractivity contribution in [3.8, 4) is 0 Å². The van der Waals surface area contributed by atoms with E-state index in [0.717, 1.165) is 19.3 Å². The average molecular weight is 198 g/mol. The van der Waals surface area contributed by atoms with Crippen LogP contribution in [0.3, 0.4) is 0 Å². The third kappa shape index (κ3) is 3.20. The summed E-state index contributed by atoms with van der Waals surface area (Å²) < 4.78 is 5.07. The molecule has 4 heteroatoms. The number of hydrogen-bond acceptors (Lipinski definition) is 3. The van der Waals surface area contributed by atoms with Crippen LogP contribution in [0.5, 0.6) is 0 Å². The first-order chi connectivity index (χ1) is 6.59. The van der Waals surface area contributed by atoms with E-state index in [-0.39, 0.29) is 24.1 Å². The molecule has 14 heavy (non-hydrogen) atoms. The van der Waals surface area contributed by atoms with Gasteiger partial charge < -0.3 is 9.84 Å². The van der Waals surface area contributed by atoms with Gasteiger partial charge in [0.2, 0.25) is 0 Å². The number of ether oxygens (including phenoxy) is 1. The first-order valence-corrected chi connectivity index (χ1v) is 4.70. The lowest BCUT2D eigenvalue weighted by molar-refractivity contribution is -0.148. The maximum absolute atomic E-state index is 11.0. The molecule has 1 aliphatic rings. The molecule has 0 aromatic carbocycles. The minimum atomic E-state index is -1.02. The molecule has 0 bridgehead atoms. The molecule has 78 valence electrons. The van der Waals surface area contributed by atoms with Crippen LogP contribution in [0.4, 0.5) is 0 Å². The zero-order chi connectivity index (χ0) is 10.6. The Morgan fingerprint density at radius 1 is 1.57 bits per heavy atom. The molecule has 1 N–H and O–H groups in total. The van der Waals surface area contributed by atoms with Gasteiger partial charge in [0.15, 0.2) is 0 Å². The van der Waals surface area contributed by atoms with Crippen molar-refractivity contribution in [3.63, 3.8) is 0 Å². The highest BCUT2D eigenvalue weighted by molar-refractivity contribution is 5.85. The van der Waals surface area contributed by atoms with Gasteiger partial charge in [0.1, 0.15) is 6.10 Å². The summed E-state index contributed by atoms with van der Waals surface area (Å²) in [4.78, 5) is 21.5. The Hall–Kier alpha value is -1.32. The van der Waals surface area contributed by atoms with Gasteiger partial charge in [-0.1, -0.05) is 6.58 Å². The molecule has 0 spiro atoms. The summed E-state index contributed by atoms with van der Waals surface area (Å²) in [5.74, 6) is -1.25. The summed E-state index contributed by atoms with van der Waals surface area (Å²) in [6, 6.07) is 0. The molecule has 0 aliphatic carbocycles. The summed E-state index contributed by atoms with van der Waals surface area (Å²) >= 11 is 0. The van der Waals surface area contributed by atoms with Crippen molar-refractivity contribution in [2.24, 2.45) is 0 Å². The van der Waals surface area contributed by atoms with Crippen LogP contribution in [0, 0.1) is 0 Å². The second-order valence-electron chi connectivity index (χ2n) is 3.47. The first-order valence-electron chi connectivity index (χ1n) is 4.70. The molecule has 0 radical (unpaired) electrons. The number of carbonyl (C=O) groups is 2. The van der Waals surface area contributed by atoms with Crippen LogP contribution in [0.2, 0.25) is 0 Å². The van der Waals surface area contributed by atoms with Gasteiger partial charge in [-0.3, -0.25) is 4.79 Å². The summed E-state index contributed by atoms with van der Waals surface area (Å²) in [6.45, 7) is 3.41. The van der Waals surface area contributed by atoms with Crippen molar-refractivity contribution < 1.29 is 19.4 Å². The normalized spacial score (nSPS) is 22.3. The molecule has 1 atom stereocenters. The van der Waals surface area contributed by atoms with Crippen LogP contribution < -0.4 is 0 Å². The standard InChI is InChI=1S/C10H14O4/c1-7(10(12)13)6-8-4-2-3-5-9(11)14-8/h8H,1-6H2,(H,12,13). The molecule has 0 amide bonds. The van der Waals surface area contributed by atoms with Crippen LogP contribution in [0.1, 0.15) is 32.1 Å². The van der Waals surface area contributed by atoms with Crippen molar-refractivity contribution in [2.75, 3.05) is 0 Å². The van der Waals surface area contributed by atoms with Crippen LogP contribution in [-0.2, 0) is 14.3 Å². The summed E-state index contributed by atoms with van der Waals surface area (Å²) in [5.41, 5.74) is 0.102. The van der Waals surface area contributed by atoms with Gasteiger partial charge in [-0.2, -0.15) is 0 Å². The highest BCUT2D eigenvalue weighted by Gasteiger charge is 2.20. The summed E-state index contributed by atoms with van der Waals surface area (Å²) in [5, 5.41) is 8.61. The van der Waals surface area contributed by atoms with E-state index in [1.807, 2.05) is 0 Å². The van der Waals surface area contributed by atoms with Crippen LogP contribution in [0.15, 0.2) is 12.2 Å². The van der Waals surface area contributed by atoms with E-state index >= 15 is 0 Å². The molecule has 0 aromatic heterocycles. The van der Waals surface area contributed by atoms with E-state index in [1.54, 1.807) is 0 Å². The Labute approximate surface area is 82.6 Å². The maximum atomic E-state index is 11.0. The molecule has 1 rings (SSSR count). The predicted octanol–water partition coefficient (Wildman–Crippen LogP) is 1.50. The lowest BCUT2D eigenvalue weighted by atomic mass is 10.1. The number of aliphatic carboxylic acids is 1. The van der Waals surface area contributed by atoms with Crippen LogP contribution >= 0.6 is 0 Å². The van der Waals surface area contributed by atoms with E-state index in [0.29, 0.717) is 6.42 Å². The minimum Gasteiger partial charge on any atom is -0.478 e. The van der Waals surface area contributed by atoms with Crippen LogP contribution in [-0.4, -0.2) is 23.1 Å². The highest BCUT2D eigenvalue weighted by atomic mass is 16.5. The predicted molar refractivity (Wildman–Crippen MR) is 49.7 cm³/mol. The molecular formula is C10H14O4. The Morgan fingerprint density at radius 2 is 2.29 bits per heavy atom. The fourth-order valence-electron chi connectivity index (χ4n) is 1.45. The van der Waals surface area contributed by atoms with E-state index < -0.39 is 5.97 Å². The number of carboxylic acid groups (broad SMARTS) is 1. The summed E-state index contributed by atoms with van der Waals surface area (Å²) in [6.07, 6.45) is 2.85. The van der Waals surface area contributed by atoms with Gasteiger partial charge in [-0.05, 0) is 19.3 Å². The molecule has 1 fully saturated rings. The SMILES string of the molecule is C=C(CC1CCCCC(=O)O1)C(=O)O.